The van der Waals surface area contributed by atoms with Gasteiger partial charge >= 0.3 is 0 Å². The summed E-state index contributed by atoms with van der Waals surface area (Å²) in [5.41, 5.74) is 3.11. The van der Waals surface area contributed by atoms with Crippen LogP contribution in [0.4, 0.5) is 0 Å². The highest BCUT2D eigenvalue weighted by molar-refractivity contribution is 6.69. The number of benzene rings is 1. The van der Waals surface area contributed by atoms with E-state index in [4.69, 9.17) is 4.43 Å². The van der Waals surface area contributed by atoms with Crippen LogP contribution in [0, 0.1) is 0 Å². The smallest absolute Gasteiger partial charge is 0.184 e. The van der Waals surface area contributed by atoms with Gasteiger partial charge in [-0.25, -0.2) is 0 Å². The van der Waals surface area contributed by atoms with Gasteiger partial charge in [0.15, 0.2) is 8.32 Å². The van der Waals surface area contributed by atoms with Crippen molar-refractivity contribution in [3.8, 4) is 5.75 Å². The fourth-order valence-electron chi connectivity index (χ4n) is 4.52. The lowest BCUT2D eigenvalue weighted by Gasteiger charge is -2.32. The Morgan fingerprint density at radius 2 is 1.12 bits per heavy atom. The zero-order valence-corrected chi connectivity index (χ0v) is 24.9. The average molecular weight is 477 g/mol. The normalized spacial score (nSPS) is 14.0. The third kappa shape index (κ3) is 11.4. The van der Waals surface area contributed by atoms with Crippen LogP contribution in [0.2, 0.25) is 19.6 Å². The third-order valence-corrected chi connectivity index (χ3v) is 7.43. The first-order valence-corrected chi connectivity index (χ1v) is 17.1. The summed E-state index contributed by atoms with van der Waals surface area (Å²) < 4.78 is 6.74. The number of unbranched alkanes of at least 4 members (excludes halogenated alkanes) is 9. The Hall–Kier alpha value is -0.803. The summed E-state index contributed by atoms with van der Waals surface area (Å²) in [4.78, 5) is 0. The number of hydrogen-bond donors (Lipinski definition) is 1. The molecule has 0 saturated carbocycles. The molecule has 0 bridgehead atoms. The van der Waals surface area contributed by atoms with Gasteiger partial charge in [0.25, 0.3) is 0 Å². The van der Waals surface area contributed by atoms with E-state index < -0.39 is 8.32 Å². The number of phenols is 1. The summed E-state index contributed by atoms with van der Waals surface area (Å²) >= 11 is 0. The molecule has 192 valence electrons. The average Bonchev–Trinajstić information content (AvgIpc) is 2.66. The minimum absolute atomic E-state index is 0.110. The van der Waals surface area contributed by atoms with Crippen molar-refractivity contribution < 1.29 is 9.53 Å². The van der Waals surface area contributed by atoms with Gasteiger partial charge in [0, 0.05) is 0 Å². The highest BCUT2D eigenvalue weighted by atomic mass is 28.4. The van der Waals surface area contributed by atoms with E-state index in [9.17, 15) is 5.11 Å². The highest BCUT2D eigenvalue weighted by Crippen LogP contribution is 2.42. The zero-order valence-electron chi connectivity index (χ0n) is 23.9. The topological polar surface area (TPSA) is 29.5 Å². The minimum atomic E-state index is -1.70. The molecule has 0 saturated heterocycles. The van der Waals surface area contributed by atoms with Gasteiger partial charge in [-0.3, -0.25) is 0 Å². The molecular weight excluding hydrogens is 420 g/mol. The first-order valence-electron chi connectivity index (χ1n) is 13.7. The Morgan fingerprint density at radius 3 is 1.48 bits per heavy atom. The molecule has 0 fully saturated rings. The van der Waals surface area contributed by atoms with E-state index in [0.29, 0.717) is 5.75 Å². The molecule has 0 aliphatic heterocycles. The van der Waals surface area contributed by atoms with Crippen LogP contribution in [0.3, 0.4) is 0 Å². The van der Waals surface area contributed by atoms with Crippen molar-refractivity contribution in [1.29, 1.82) is 0 Å². The molecule has 33 heavy (non-hydrogen) atoms. The van der Waals surface area contributed by atoms with Crippen molar-refractivity contribution in [1.82, 2.24) is 0 Å². The van der Waals surface area contributed by atoms with Crippen LogP contribution in [-0.2, 0) is 15.3 Å². The summed E-state index contributed by atoms with van der Waals surface area (Å²) in [5, 5.41) is 11.1. The quantitative estimate of drug-likeness (QED) is 0.214. The second-order valence-corrected chi connectivity index (χ2v) is 17.6. The number of hydrogen-bond acceptors (Lipinski definition) is 2. The summed E-state index contributed by atoms with van der Waals surface area (Å²) in [5.74, 6) is 0.462. The molecular formula is C30H56O2Si. The molecule has 0 aliphatic carbocycles. The van der Waals surface area contributed by atoms with Crippen LogP contribution in [-0.4, -0.2) is 13.4 Å². The summed E-state index contributed by atoms with van der Waals surface area (Å²) in [6, 6.07) is 4.46. The van der Waals surface area contributed by atoms with Crippen molar-refractivity contribution in [3.63, 3.8) is 0 Å². The second kappa shape index (κ2) is 13.3. The number of phenolic OH excluding ortho intramolecular Hbond substituents is 1. The van der Waals surface area contributed by atoms with E-state index in [1.54, 1.807) is 0 Å². The van der Waals surface area contributed by atoms with Crippen molar-refractivity contribution in [3.05, 3.63) is 28.8 Å². The molecule has 1 rings (SSSR count). The van der Waals surface area contributed by atoms with E-state index in [0.717, 1.165) is 17.5 Å². The van der Waals surface area contributed by atoms with Crippen LogP contribution in [0.15, 0.2) is 12.1 Å². The Morgan fingerprint density at radius 1 is 0.727 bits per heavy atom. The van der Waals surface area contributed by atoms with Gasteiger partial charge in [-0.05, 0) is 65.7 Å². The lowest BCUT2D eigenvalue weighted by molar-refractivity contribution is 0.182. The molecule has 0 radical (unpaired) electrons. The predicted molar refractivity (Wildman–Crippen MR) is 149 cm³/mol. The van der Waals surface area contributed by atoms with Gasteiger partial charge in [0.2, 0.25) is 0 Å². The van der Waals surface area contributed by atoms with Crippen LogP contribution in [0.25, 0.3) is 0 Å². The summed E-state index contributed by atoms with van der Waals surface area (Å²) in [7, 11) is -1.70. The molecule has 1 unspecified atom stereocenters. The first kappa shape index (κ1) is 30.2. The summed E-state index contributed by atoms with van der Waals surface area (Å²) in [6.07, 6.45) is 14.7. The largest absolute Gasteiger partial charge is 0.507 e. The van der Waals surface area contributed by atoms with Gasteiger partial charge in [-0.2, -0.15) is 0 Å². The van der Waals surface area contributed by atoms with Crippen molar-refractivity contribution in [2.24, 2.45) is 0 Å². The zero-order chi connectivity index (χ0) is 25.3. The predicted octanol–water partition coefficient (Wildman–Crippen LogP) is 10.2. The monoisotopic (exact) mass is 476 g/mol. The third-order valence-electron chi connectivity index (χ3n) is 6.44. The number of aromatic hydroxyl groups is 1. The Bertz CT molecular complexity index is 654. The molecule has 1 atom stereocenters. The standard InChI is InChI=1S/C30H56O2Si/c1-11-12-13-14-15-16-17-18-19-20-21-27(32-33(8,9)10)24-22-25(29(2,3)4)28(31)26(23-24)30(5,6)7/h22-23,27,31H,11-21H2,1-10H3. The van der Waals surface area contributed by atoms with E-state index in [1.807, 2.05) is 0 Å². The molecule has 0 heterocycles. The van der Waals surface area contributed by atoms with E-state index >= 15 is 0 Å². The highest BCUT2D eigenvalue weighted by Gasteiger charge is 2.30. The molecule has 1 aromatic carbocycles. The van der Waals surface area contributed by atoms with Gasteiger partial charge in [0.1, 0.15) is 5.75 Å². The lowest BCUT2D eigenvalue weighted by Crippen LogP contribution is -2.28. The summed E-state index contributed by atoms with van der Waals surface area (Å²) in [6.45, 7) is 22.3. The second-order valence-electron chi connectivity index (χ2n) is 13.2. The van der Waals surface area contributed by atoms with Crippen molar-refractivity contribution in [2.45, 2.75) is 156 Å². The van der Waals surface area contributed by atoms with Crippen molar-refractivity contribution in [2.75, 3.05) is 0 Å². The van der Waals surface area contributed by atoms with E-state index in [-0.39, 0.29) is 16.9 Å². The van der Waals surface area contributed by atoms with E-state index in [1.165, 1.54) is 69.8 Å². The van der Waals surface area contributed by atoms with Crippen molar-refractivity contribution >= 4 is 8.32 Å². The SMILES string of the molecule is CCCCCCCCCCCCC(O[Si](C)(C)C)c1cc(C(C)(C)C)c(O)c(C(C)(C)C)c1. The van der Waals surface area contributed by atoms with Crippen LogP contribution in [0.1, 0.15) is 142 Å². The van der Waals surface area contributed by atoms with Crippen LogP contribution in [0.5, 0.6) is 5.75 Å². The lowest BCUT2D eigenvalue weighted by atomic mass is 9.77. The first-order chi connectivity index (χ1) is 15.2. The Balaban J connectivity index is 2.91. The molecule has 0 amide bonds. The fourth-order valence-corrected chi connectivity index (χ4v) is 5.63. The molecule has 3 heteroatoms. The fraction of sp³-hybridized carbons (Fsp3) is 0.800. The molecule has 2 nitrogen and oxygen atoms in total. The maximum atomic E-state index is 11.1. The minimum Gasteiger partial charge on any atom is -0.507 e. The van der Waals surface area contributed by atoms with Gasteiger partial charge in [0.05, 0.1) is 6.10 Å². The maximum Gasteiger partial charge on any atom is 0.184 e. The van der Waals surface area contributed by atoms with Gasteiger partial charge in [-0.1, -0.05) is 113 Å². The molecule has 1 aromatic rings. The Labute approximate surface area is 208 Å². The number of rotatable bonds is 14. The van der Waals surface area contributed by atoms with Gasteiger partial charge < -0.3 is 9.53 Å². The van der Waals surface area contributed by atoms with Crippen LogP contribution >= 0.6 is 0 Å². The van der Waals surface area contributed by atoms with E-state index in [2.05, 4.69) is 80.2 Å². The molecule has 0 spiro atoms. The Kier molecular flexibility index (Phi) is 12.2. The molecule has 1 N–H and O–H groups in total. The van der Waals surface area contributed by atoms with Gasteiger partial charge in [-0.15, -0.1) is 0 Å². The maximum absolute atomic E-state index is 11.1. The molecule has 0 aromatic heterocycles. The molecule has 0 aliphatic rings. The van der Waals surface area contributed by atoms with Crippen LogP contribution < -0.4 is 0 Å².